The molecule has 0 aromatic carbocycles. The van der Waals surface area contributed by atoms with Crippen molar-refractivity contribution >= 4 is 17.3 Å². The molecule has 21 heavy (non-hydrogen) atoms. The number of piperidine rings is 1. The van der Waals surface area contributed by atoms with Gasteiger partial charge in [0.2, 0.25) is 0 Å². The topological polar surface area (TPSA) is 40.5 Å². The van der Waals surface area contributed by atoms with Crippen LogP contribution in [0.1, 0.15) is 57.2 Å². The summed E-state index contributed by atoms with van der Waals surface area (Å²) in [6.45, 7) is 12.6. The second-order valence-corrected chi connectivity index (χ2v) is 7.09. The summed E-state index contributed by atoms with van der Waals surface area (Å²) < 4.78 is 0. The molecule has 1 aliphatic heterocycles. The van der Waals surface area contributed by atoms with Crippen LogP contribution in [0, 0.1) is 5.92 Å². The van der Waals surface area contributed by atoms with E-state index >= 15 is 0 Å². The molecule has 1 aromatic rings. The summed E-state index contributed by atoms with van der Waals surface area (Å²) in [5, 5.41) is 6.77. The third-order valence-electron chi connectivity index (χ3n) is 3.75. The molecule has 1 N–H and O–H groups in total. The molecule has 5 heteroatoms. The number of rotatable bonds is 4. The Morgan fingerprint density at radius 3 is 3.00 bits per heavy atom. The molecule has 0 radical (unpaired) electrons. The molecule has 2 heterocycles. The highest BCUT2D eigenvalue weighted by molar-refractivity contribution is 7.09. The molecule has 0 aliphatic carbocycles. The van der Waals surface area contributed by atoms with Crippen LogP contribution in [0.25, 0.3) is 0 Å². The van der Waals surface area contributed by atoms with Crippen molar-refractivity contribution < 1.29 is 0 Å². The first kappa shape index (κ1) is 16.3. The van der Waals surface area contributed by atoms with E-state index in [0.29, 0.717) is 12.5 Å². The smallest absolute Gasteiger partial charge is 0.194 e. The summed E-state index contributed by atoms with van der Waals surface area (Å²) in [5.74, 6) is 2.31. The van der Waals surface area contributed by atoms with E-state index in [4.69, 9.17) is 4.99 Å². The Balaban J connectivity index is 2.02. The number of guanidine groups is 1. The van der Waals surface area contributed by atoms with Crippen LogP contribution in [0.3, 0.4) is 0 Å². The molecule has 1 saturated heterocycles. The maximum atomic E-state index is 4.79. The Morgan fingerprint density at radius 2 is 2.38 bits per heavy atom. The number of aromatic nitrogens is 1. The Hall–Kier alpha value is -1.10. The van der Waals surface area contributed by atoms with Crippen molar-refractivity contribution in [1.29, 1.82) is 0 Å². The first-order chi connectivity index (χ1) is 10.1. The summed E-state index contributed by atoms with van der Waals surface area (Å²) in [4.78, 5) is 11.9. The maximum absolute atomic E-state index is 4.79. The third kappa shape index (κ3) is 4.70. The largest absolute Gasteiger partial charge is 0.357 e. The van der Waals surface area contributed by atoms with E-state index in [0.717, 1.165) is 37.2 Å². The number of hydrogen-bond donors (Lipinski definition) is 1. The Labute approximate surface area is 132 Å². The quantitative estimate of drug-likeness (QED) is 0.684. The van der Waals surface area contributed by atoms with E-state index in [1.807, 2.05) is 0 Å². The number of nitrogens with zero attached hydrogens (tertiary/aromatic N) is 3. The van der Waals surface area contributed by atoms with Crippen LogP contribution in [0.2, 0.25) is 0 Å². The number of thiazole rings is 1. The van der Waals surface area contributed by atoms with Gasteiger partial charge in [-0.2, -0.15) is 0 Å². The van der Waals surface area contributed by atoms with E-state index < -0.39 is 0 Å². The van der Waals surface area contributed by atoms with Crippen molar-refractivity contribution in [3.63, 3.8) is 0 Å². The Bertz CT molecular complexity index is 467. The summed E-state index contributed by atoms with van der Waals surface area (Å²) >= 11 is 1.74. The average molecular weight is 308 g/mol. The SMILES string of the molecule is CCNC(=NCc1csc(C(C)C)n1)N1CCCC(C)C1. The second-order valence-electron chi connectivity index (χ2n) is 6.20. The number of hydrogen-bond acceptors (Lipinski definition) is 3. The summed E-state index contributed by atoms with van der Waals surface area (Å²) in [5.41, 5.74) is 1.09. The van der Waals surface area contributed by atoms with Gasteiger partial charge < -0.3 is 10.2 Å². The minimum absolute atomic E-state index is 0.504. The van der Waals surface area contributed by atoms with Gasteiger partial charge in [0.05, 0.1) is 17.2 Å². The van der Waals surface area contributed by atoms with E-state index in [2.05, 4.69) is 48.3 Å². The van der Waals surface area contributed by atoms with Gasteiger partial charge in [-0.05, 0) is 25.7 Å². The van der Waals surface area contributed by atoms with Crippen molar-refractivity contribution in [3.8, 4) is 0 Å². The summed E-state index contributed by atoms with van der Waals surface area (Å²) in [7, 11) is 0. The van der Waals surface area contributed by atoms with E-state index in [1.54, 1.807) is 11.3 Å². The lowest BCUT2D eigenvalue weighted by molar-refractivity contribution is 0.266. The van der Waals surface area contributed by atoms with Crippen LogP contribution in [0.5, 0.6) is 0 Å². The first-order valence-electron chi connectivity index (χ1n) is 8.07. The van der Waals surface area contributed by atoms with Gasteiger partial charge in [-0.25, -0.2) is 9.98 Å². The fourth-order valence-corrected chi connectivity index (χ4v) is 3.45. The lowest BCUT2D eigenvalue weighted by Gasteiger charge is -2.33. The molecule has 1 aliphatic rings. The van der Waals surface area contributed by atoms with Crippen LogP contribution < -0.4 is 5.32 Å². The average Bonchev–Trinajstić information content (AvgIpc) is 2.92. The summed E-state index contributed by atoms with van der Waals surface area (Å²) in [6, 6.07) is 0. The monoisotopic (exact) mass is 308 g/mol. The molecule has 1 fully saturated rings. The van der Waals surface area contributed by atoms with Crippen molar-refractivity contribution in [2.45, 2.75) is 53.0 Å². The van der Waals surface area contributed by atoms with Gasteiger partial charge in [-0.1, -0.05) is 20.8 Å². The lowest BCUT2D eigenvalue weighted by Crippen LogP contribution is -2.46. The maximum Gasteiger partial charge on any atom is 0.194 e. The van der Waals surface area contributed by atoms with E-state index in [-0.39, 0.29) is 0 Å². The zero-order valence-corrected chi connectivity index (χ0v) is 14.5. The molecular formula is C16H28N4S. The Kier molecular flexibility index (Phi) is 6.03. The molecule has 1 aromatic heterocycles. The van der Waals surface area contributed by atoms with Crippen LogP contribution in [-0.4, -0.2) is 35.5 Å². The highest BCUT2D eigenvalue weighted by atomic mass is 32.1. The van der Waals surface area contributed by atoms with Gasteiger partial charge in [0.15, 0.2) is 5.96 Å². The van der Waals surface area contributed by atoms with Gasteiger partial charge in [0.25, 0.3) is 0 Å². The fourth-order valence-electron chi connectivity index (χ4n) is 2.62. The first-order valence-corrected chi connectivity index (χ1v) is 8.95. The highest BCUT2D eigenvalue weighted by Crippen LogP contribution is 2.20. The van der Waals surface area contributed by atoms with Crippen molar-refractivity contribution in [2.75, 3.05) is 19.6 Å². The van der Waals surface area contributed by atoms with Gasteiger partial charge in [0.1, 0.15) is 0 Å². The van der Waals surface area contributed by atoms with Crippen molar-refractivity contribution in [1.82, 2.24) is 15.2 Å². The molecule has 1 unspecified atom stereocenters. The third-order valence-corrected chi connectivity index (χ3v) is 4.94. The normalized spacial score (nSPS) is 20.1. The molecule has 4 nitrogen and oxygen atoms in total. The molecular weight excluding hydrogens is 280 g/mol. The zero-order valence-electron chi connectivity index (χ0n) is 13.7. The van der Waals surface area contributed by atoms with Crippen molar-refractivity contribution in [2.24, 2.45) is 10.9 Å². The molecule has 2 rings (SSSR count). The predicted octanol–water partition coefficient (Wildman–Crippen LogP) is 3.46. The number of likely N-dealkylation sites (tertiary alicyclic amines) is 1. The zero-order chi connectivity index (χ0) is 15.2. The van der Waals surface area contributed by atoms with Crippen LogP contribution >= 0.6 is 11.3 Å². The molecule has 0 spiro atoms. The second kappa shape index (κ2) is 7.78. The molecule has 0 amide bonds. The Morgan fingerprint density at radius 1 is 1.57 bits per heavy atom. The lowest BCUT2D eigenvalue weighted by atomic mass is 10.0. The van der Waals surface area contributed by atoms with Gasteiger partial charge in [-0.3, -0.25) is 0 Å². The molecule has 0 saturated carbocycles. The fraction of sp³-hybridized carbons (Fsp3) is 0.750. The highest BCUT2D eigenvalue weighted by Gasteiger charge is 2.19. The van der Waals surface area contributed by atoms with E-state index in [9.17, 15) is 0 Å². The predicted molar refractivity (Wildman–Crippen MR) is 91.0 cm³/mol. The minimum Gasteiger partial charge on any atom is -0.357 e. The van der Waals surface area contributed by atoms with Crippen LogP contribution in [0.15, 0.2) is 10.4 Å². The molecule has 118 valence electrons. The van der Waals surface area contributed by atoms with Gasteiger partial charge >= 0.3 is 0 Å². The number of nitrogens with one attached hydrogen (secondary N) is 1. The van der Waals surface area contributed by atoms with Crippen LogP contribution in [-0.2, 0) is 6.54 Å². The standard InChI is InChI=1S/C16H28N4S/c1-5-17-16(20-8-6-7-13(4)10-20)18-9-14-11-21-15(19-14)12(2)3/h11-13H,5-10H2,1-4H3,(H,17,18). The van der Waals surface area contributed by atoms with Gasteiger partial charge in [0, 0.05) is 30.9 Å². The van der Waals surface area contributed by atoms with E-state index in [1.165, 1.54) is 17.8 Å². The summed E-state index contributed by atoms with van der Waals surface area (Å²) in [6.07, 6.45) is 2.60. The van der Waals surface area contributed by atoms with Crippen molar-refractivity contribution in [3.05, 3.63) is 16.1 Å². The number of aliphatic imine (C=N–C) groups is 1. The van der Waals surface area contributed by atoms with Crippen LogP contribution in [0.4, 0.5) is 0 Å². The minimum atomic E-state index is 0.504. The molecule has 1 atom stereocenters. The molecule has 0 bridgehead atoms. The van der Waals surface area contributed by atoms with Gasteiger partial charge in [-0.15, -0.1) is 11.3 Å².